The van der Waals surface area contributed by atoms with E-state index in [0.717, 1.165) is 33.8 Å². The number of nitrogens with zero attached hydrogens (tertiary/aromatic N) is 4. The molecule has 0 fully saturated rings. The first-order valence-electron chi connectivity index (χ1n) is 8.92. The number of aromatic nitrogens is 4. The molecule has 0 saturated heterocycles. The van der Waals surface area contributed by atoms with Crippen molar-refractivity contribution in [1.29, 1.82) is 0 Å². The van der Waals surface area contributed by atoms with E-state index in [4.69, 9.17) is 0 Å². The van der Waals surface area contributed by atoms with Crippen LogP contribution in [0.4, 0.5) is 5.69 Å². The van der Waals surface area contributed by atoms with Crippen LogP contribution in [-0.4, -0.2) is 31.4 Å². The zero-order chi connectivity index (χ0) is 20.1. The van der Waals surface area contributed by atoms with Gasteiger partial charge in [-0.05, 0) is 44.0 Å². The van der Waals surface area contributed by atoms with E-state index in [0.29, 0.717) is 11.7 Å². The molecular formula is C21H23N5OS. The Bertz CT molecular complexity index is 977. The van der Waals surface area contributed by atoms with Gasteiger partial charge in [-0.2, -0.15) is 0 Å². The second-order valence-electron chi connectivity index (χ2n) is 6.69. The van der Waals surface area contributed by atoms with Crippen molar-refractivity contribution in [1.82, 2.24) is 19.7 Å². The van der Waals surface area contributed by atoms with E-state index >= 15 is 0 Å². The Balaban J connectivity index is 1.76. The summed E-state index contributed by atoms with van der Waals surface area (Å²) < 4.78 is 1.98. The number of anilines is 1. The van der Waals surface area contributed by atoms with Gasteiger partial charge in [0.15, 0.2) is 11.0 Å². The molecule has 1 aromatic carbocycles. The van der Waals surface area contributed by atoms with Gasteiger partial charge < -0.3 is 5.32 Å². The van der Waals surface area contributed by atoms with Gasteiger partial charge in [0.2, 0.25) is 5.91 Å². The van der Waals surface area contributed by atoms with Crippen molar-refractivity contribution in [2.24, 2.45) is 0 Å². The second-order valence-corrected chi connectivity index (χ2v) is 7.63. The van der Waals surface area contributed by atoms with E-state index in [1.807, 2.05) is 55.7 Å². The largest absolute Gasteiger partial charge is 0.325 e. The zero-order valence-corrected chi connectivity index (χ0v) is 17.1. The molecule has 7 heteroatoms. The lowest BCUT2D eigenvalue weighted by atomic mass is 10.1. The summed E-state index contributed by atoms with van der Waals surface area (Å²) in [5.41, 5.74) is 4.87. The van der Waals surface area contributed by atoms with E-state index in [1.54, 1.807) is 12.4 Å². The number of carbonyl (C=O) groups is 1. The van der Waals surface area contributed by atoms with Crippen molar-refractivity contribution in [3.63, 3.8) is 0 Å². The summed E-state index contributed by atoms with van der Waals surface area (Å²) in [7, 11) is 0. The zero-order valence-electron chi connectivity index (χ0n) is 16.3. The summed E-state index contributed by atoms with van der Waals surface area (Å²) in [6.07, 6.45) is 3.44. The van der Waals surface area contributed by atoms with Gasteiger partial charge in [-0.3, -0.25) is 14.3 Å². The molecule has 6 nitrogen and oxygen atoms in total. The Hall–Kier alpha value is -2.93. The van der Waals surface area contributed by atoms with Crippen LogP contribution in [-0.2, 0) is 11.3 Å². The molecule has 0 bridgehead atoms. The van der Waals surface area contributed by atoms with Gasteiger partial charge >= 0.3 is 0 Å². The van der Waals surface area contributed by atoms with Crippen LogP contribution in [0.5, 0.6) is 0 Å². The fourth-order valence-corrected chi connectivity index (χ4v) is 3.58. The number of thioether (sulfide) groups is 1. The monoisotopic (exact) mass is 393 g/mol. The van der Waals surface area contributed by atoms with Gasteiger partial charge in [0, 0.05) is 30.2 Å². The molecule has 0 aliphatic heterocycles. The Morgan fingerprint density at radius 2 is 1.82 bits per heavy atom. The van der Waals surface area contributed by atoms with E-state index in [-0.39, 0.29) is 11.7 Å². The van der Waals surface area contributed by atoms with Crippen LogP contribution in [0.3, 0.4) is 0 Å². The number of hydrogen-bond acceptors (Lipinski definition) is 5. The predicted molar refractivity (Wildman–Crippen MR) is 113 cm³/mol. The van der Waals surface area contributed by atoms with Crippen molar-refractivity contribution < 1.29 is 4.79 Å². The maximum Gasteiger partial charge on any atom is 0.234 e. The minimum Gasteiger partial charge on any atom is -0.325 e. The van der Waals surface area contributed by atoms with Crippen molar-refractivity contribution in [2.45, 2.75) is 32.5 Å². The molecule has 0 unspecified atom stereocenters. The molecule has 0 saturated carbocycles. The van der Waals surface area contributed by atoms with Gasteiger partial charge in [-0.1, -0.05) is 42.1 Å². The number of allylic oxidation sites excluding steroid dienone is 1. The summed E-state index contributed by atoms with van der Waals surface area (Å²) in [5, 5.41) is 12.3. The van der Waals surface area contributed by atoms with Crippen molar-refractivity contribution in [3.05, 3.63) is 66.0 Å². The number of carbonyl (C=O) groups excluding carboxylic acids is 1. The van der Waals surface area contributed by atoms with E-state index in [1.165, 1.54) is 11.8 Å². The highest BCUT2D eigenvalue weighted by molar-refractivity contribution is 7.99. The molecule has 1 amide bonds. The average Bonchev–Trinajstić information content (AvgIpc) is 3.06. The second kappa shape index (κ2) is 8.84. The SMILES string of the molecule is C=C(C)Cn1c(SCC(=O)Nc2c(C)cccc2C)nnc1-c1ccncc1. The van der Waals surface area contributed by atoms with Gasteiger partial charge in [-0.25, -0.2) is 0 Å². The summed E-state index contributed by atoms with van der Waals surface area (Å²) in [5.74, 6) is 0.916. The average molecular weight is 394 g/mol. The molecule has 0 spiro atoms. The number of aryl methyl sites for hydroxylation is 2. The lowest BCUT2D eigenvalue weighted by molar-refractivity contribution is -0.113. The smallest absolute Gasteiger partial charge is 0.234 e. The number of amides is 1. The van der Waals surface area contributed by atoms with Crippen LogP contribution in [0.2, 0.25) is 0 Å². The van der Waals surface area contributed by atoms with Gasteiger partial charge in [-0.15, -0.1) is 10.2 Å². The fourth-order valence-electron chi connectivity index (χ4n) is 2.84. The van der Waals surface area contributed by atoms with Crippen LogP contribution < -0.4 is 5.32 Å². The summed E-state index contributed by atoms with van der Waals surface area (Å²) in [4.78, 5) is 16.5. The number of rotatable bonds is 7. The number of pyridine rings is 1. The summed E-state index contributed by atoms with van der Waals surface area (Å²) in [6.45, 7) is 10.5. The first-order chi connectivity index (χ1) is 13.5. The number of benzene rings is 1. The molecule has 3 aromatic rings. The topological polar surface area (TPSA) is 72.7 Å². The maximum atomic E-state index is 12.5. The van der Waals surface area contributed by atoms with Crippen LogP contribution in [0, 0.1) is 13.8 Å². The lowest BCUT2D eigenvalue weighted by Gasteiger charge is -2.12. The Labute approximate surface area is 169 Å². The number of para-hydroxylation sites is 1. The van der Waals surface area contributed by atoms with E-state index < -0.39 is 0 Å². The van der Waals surface area contributed by atoms with Crippen molar-refractivity contribution >= 4 is 23.4 Å². The van der Waals surface area contributed by atoms with Gasteiger partial charge in [0.25, 0.3) is 0 Å². The lowest BCUT2D eigenvalue weighted by Crippen LogP contribution is -2.16. The van der Waals surface area contributed by atoms with Crippen molar-refractivity contribution in [2.75, 3.05) is 11.1 Å². The van der Waals surface area contributed by atoms with Gasteiger partial charge in [0.05, 0.1) is 5.75 Å². The molecule has 1 N–H and O–H groups in total. The molecular weight excluding hydrogens is 370 g/mol. The Kier molecular flexibility index (Phi) is 6.26. The summed E-state index contributed by atoms with van der Waals surface area (Å²) >= 11 is 1.36. The third-order valence-electron chi connectivity index (χ3n) is 4.16. The fraction of sp³-hybridized carbons (Fsp3) is 0.238. The van der Waals surface area contributed by atoms with Crippen LogP contribution >= 0.6 is 11.8 Å². The highest BCUT2D eigenvalue weighted by Crippen LogP contribution is 2.25. The molecule has 0 atom stereocenters. The quantitative estimate of drug-likeness (QED) is 0.479. The minimum atomic E-state index is -0.0715. The normalized spacial score (nSPS) is 10.7. The van der Waals surface area contributed by atoms with Crippen LogP contribution in [0.15, 0.2) is 60.0 Å². The molecule has 3 rings (SSSR count). The van der Waals surface area contributed by atoms with Gasteiger partial charge in [0.1, 0.15) is 0 Å². The van der Waals surface area contributed by atoms with Crippen LogP contribution in [0.25, 0.3) is 11.4 Å². The third-order valence-corrected chi connectivity index (χ3v) is 5.13. The Morgan fingerprint density at radius 1 is 1.14 bits per heavy atom. The molecule has 0 radical (unpaired) electrons. The minimum absolute atomic E-state index is 0.0715. The highest BCUT2D eigenvalue weighted by atomic mass is 32.2. The first kappa shape index (κ1) is 19.8. The number of nitrogens with one attached hydrogen (secondary N) is 1. The molecule has 144 valence electrons. The van der Waals surface area contributed by atoms with Crippen molar-refractivity contribution in [3.8, 4) is 11.4 Å². The standard InChI is InChI=1S/C21H23N5OS/c1-14(2)12-26-20(17-8-10-22-11-9-17)24-25-21(26)28-13-18(27)23-19-15(3)6-5-7-16(19)4/h5-11H,1,12-13H2,2-4H3,(H,23,27). The molecule has 0 aliphatic carbocycles. The summed E-state index contributed by atoms with van der Waals surface area (Å²) in [6, 6.07) is 9.73. The first-order valence-corrected chi connectivity index (χ1v) is 9.91. The highest BCUT2D eigenvalue weighted by Gasteiger charge is 2.16. The van der Waals surface area contributed by atoms with Crippen LogP contribution in [0.1, 0.15) is 18.1 Å². The molecule has 2 heterocycles. The molecule has 0 aliphatic rings. The Morgan fingerprint density at radius 3 is 2.46 bits per heavy atom. The predicted octanol–water partition coefficient (Wildman–Crippen LogP) is 4.26. The molecule has 28 heavy (non-hydrogen) atoms. The maximum absolute atomic E-state index is 12.5. The third kappa shape index (κ3) is 4.67. The molecule has 2 aromatic heterocycles. The van der Waals surface area contributed by atoms with E-state index in [9.17, 15) is 4.79 Å². The number of hydrogen-bond donors (Lipinski definition) is 1. The van der Waals surface area contributed by atoms with E-state index in [2.05, 4.69) is 27.1 Å².